The van der Waals surface area contributed by atoms with Crippen molar-refractivity contribution in [3.8, 4) is 5.75 Å². The van der Waals surface area contributed by atoms with Crippen molar-refractivity contribution in [1.82, 2.24) is 15.5 Å². The van der Waals surface area contributed by atoms with Crippen LogP contribution in [-0.4, -0.2) is 22.7 Å². The Morgan fingerprint density at radius 2 is 1.77 bits per heavy atom. The van der Waals surface area contributed by atoms with Crippen LogP contribution in [0.1, 0.15) is 57.0 Å². The summed E-state index contributed by atoms with van der Waals surface area (Å²) in [6.07, 6.45) is 3.13. The molecule has 162 valence electrons. The third-order valence-electron chi connectivity index (χ3n) is 4.64. The van der Waals surface area contributed by atoms with Crippen LogP contribution in [0.25, 0.3) is 11.8 Å². The van der Waals surface area contributed by atoms with E-state index in [4.69, 9.17) is 9.15 Å². The number of hydrogen-bond acceptors (Lipinski definition) is 5. The van der Waals surface area contributed by atoms with E-state index in [9.17, 15) is 4.79 Å². The van der Waals surface area contributed by atoms with Gasteiger partial charge in [0, 0.05) is 13.3 Å². The first-order valence-electron chi connectivity index (χ1n) is 10.4. The summed E-state index contributed by atoms with van der Waals surface area (Å²) in [5.41, 5.74) is 2.81. The Kier molecular flexibility index (Phi) is 7.23. The van der Waals surface area contributed by atoms with Gasteiger partial charge in [-0.1, -0.05) is 63.2 Å². The Labute approximate surface area is 183 Å². The molecule has 0 unspecified atom stereocenters. The van der Waals surface area contributed by atoms with E-state index in [0.717, 1.165) is 17.7 Å². The number of carbonyl (C=O) groups is 1. The maximum Gasteiger partial charge on any atom is 0.264 e. The number of nitrogens with zero attached hydrogens (tertiary/aromatic N) is 2. The molecule has 1 amide bonds. The summed E-state index contributed by atoms with van der Waals surface area (Å²) in [7, 11) is 0. The fourth-order valence-electron chi connectivity index (χ4n) is 2.98. The zero-order valence-corrected chi connectivity index (χ0v) is 18.5. The predicted octanol–water partition coefficient (Wildman–Crippen LogP) is 5.01. The van der Waals surface area contributed by atoms with Gasteiger partial charge in [0.05, 0.1) is 6.61 Å². The minimum Gasteiger partial charge on any atom is -0.494 e. The zero-order valence-electron chi connectivity index (χ0n) is 18.5. The van der Waals surface area contributed by atoms with Crippen LogP contribution in [0.15, 0.2) is 59.0 Å². The van der Waals surface area contributed by atoms with E-state index < -0.39 is 0 Å². The number of rotatable bonds is 8. The second-order valence-electron chi connectivity index (χ2n) is 8.38. The number of amides is 1. The molecule has 31 heavy (non-hydrogen) atoms. The van der Waals surface area contributed by atoms with E-state index in [1.807, 2.05) is 48.5 Å². The van der Waals surface area contributed by atoms with Gasteiger partial charge in [-0.3, -0.25) is 4.79 Å². The van der Waals surface area contributed by atoms with Crippen LogP contribution in [0.4, 0.5) is 0 Å². The Morgan fingerprint density at radius 3 is 2.42 bits per heavy atom. The van der Waals surface area contributed by atoms with Gasteiger partial charge in [0.1, 0.15) is 11.4 Å². The fourth-order valence-corrected chi connectivity index (χ4v) is 2.98. The lowest BCUT2D eigenvalue weighted by atomic mass is 9.87. The van der Waals surface area contributed by atoms with Crippen molar-refractivity contribution in [1.29, 1.82) is 0 Å². The maximum absolute atomic E-state index is 11.6. The van der Waals surface area contributed by atoms with E-state index in [1.54, 1.807) is 0 Å². The van der Waals surface area contributed by atoms with Crippen LogP contribution in [0.2, 0.25) is 0 Å². The summed E-state index contributed by atoms with van der Waals surface area (Å²) in [6.45, 7) is 8.56. The summed E-state index contributed by atoms with van der Waals surface area (Å²) in [6, 6.07) is 17.8. The molecule has 0 atom stereocenters. The molecule has 6 nitrogen and oxygen atoms in total. The highest BCUT2D eigenvalue weighted by Crippen LogP contribution is 2.24. The number of hydrogen-bond donors (Lipinski definition) is 1. The van der Waals surface area contributed by atoms with Crippen molar-refractivity contribution >= 4 is 17.7 Å². The Hall–Kier alpha value is -3.41. The molecular weight excluding hydrogens is 390 g/mol. The highest BCUT2D eigenvalue weighted by molar-refractivity contribution is 5.89. The number of aryl methyl sites for hydroxylation is 1. The van der Waals surface area contributed by atoms with Crippen LogP contribution >= 0.6 is 0 Å². The second-order valence-corrected chi connectivity index (χ2v) is 8.38. The summed E-state index contributed by atoms with van der Waals surface area (Å²) in [4.78, 5) is 11.6. The van der Waals surface area contributed by atoms with E-state index in [-0.39, 0.29) is 17.2 Å². The van der Waals surface area contributed by atoms with Crippen molar-refractivity contribution < 1.29 is 13.9 Å². The minimum atomic E-state index is -0.201. The molecule has 0 fully saturated rings. The van der Waals surface area contributed by atoms with Crippen molar-refractivity contribution in [3.05, 3.63) is 77.5 Å². The molecule has 2 aromatic carbocycles. The van der Waals surface area contributed by atoms with Crippen molar-refractivity contribution in [3.63, 3.8) is 0 Å². The first kappa shape index (κ1) is 22.3. The maximum atomic E-state index is 11.6. The van der Waals surface area contributed by atoms with Gasteiger partial charge in [-0.15, -0.1) is 10.2 Å². The second kappa shape index (κ2) is 10.1. The van der Waals surface area contributed by atoms with Crippen molar-refractivity contribution in [2.24, 2.45) is 0 Å². The molecule has 0 radical (unpaired) electrons. The van der Waals surface area contributed by atoms with Gasteiger partial charge in [-0.2, -0.15) is 0 Å². The van der Waals surface area contributed by atoms with Crippen LogP contribution < -0.4 is 10.1 Å². The molecule has 1 aromatic heterocycles. The van der Waals surface area contributed by atoms with Crippen LogP contribution in [0.3, 0.4) is 0 Å². The first-order valence-corrected chi connectivity index (χ1v) is 10.4. The van der Waals surface area contributed by atoms with Crippen molar-refractivity contribution in [2.45, 2.75) is 46.0 Å². The molecule has 1 N–H and O–H groups in total. The number of aromatic nitrogens is 2. The molecule has 0 aliphatic carbocycles. The van der Waals surface area contributed by atoms with E-state index in [1.165, 1.54) is 12.5 Å². The third kappa shape index (κ3) is 6.81. The number of ether oxygens (including phenoxy) is 1. The summed E-state index contributed by atoms with van der Waals surface area (Å²) in [5, 5.41) is 11.0. The molecule has 0 saturated heterocycles. The van der Waals surface area contributed by atoms with Crippen molar-refractivity contribution in [2.75, 3.05) is 6.61 Å². The summed E-state index contributed by atoms with van der Waals surface area (Å²) < 4.78 is 11.6. The molecule has 0 bridgehead atoms. The van der Waals surface area contributed by atoms with Gasteiger partial charge in [0.2, 0.25) is 11.8 Å². The van der Waals surface area contributed by atoms with Crippen LogP contribution in [0, 0.1) is 0 Å². The Bertz CT molecular complexity index is 1020. The summed E-state index contributed by atoms with van der Waals surface area (Å²) in [5.74, 6) is 1.43. The third-order valence-corrected chi connectivity index (χ3v) is 4.64. The molecule has 3 rings (SSSR count). The van der Waals surface area contributed by atoms with E-state index >= 15 is 0 Å². The Morgan fingerprint density at radius 1 is 1.06 bits per heavy atom. The lowest BCUT2D eigenvalue weighted by molar-refractivity contribution is -0.117. The first-order chi connectivity index (χ1) is 14.8. The smallest absolute Gasteiger partial charge is 0.264 e. The van der Waals surface area contributed by atoms with Gasteiger partial charge in [0.15, 0.2) is 0 Å². The molecule has 0 saturated carbocycles. The highest BCUT2D eigenvalue weighted by atomic mass is 16.5. The van der Waals surface area contributed by atoms with Gasteiger partial charge in [-0.25, -0.2) is 0 Å². The minimum absolute atomic E-state index is 0.124. The molecule has 3 aromatic rings. The van der Waals surface area contributed by atoms with E-state index in [0.29, 0.717) is 24.6 Å². The van der Waals surface area contributed by atoms with Crippen LogP contribution in [-0.2, 0) is 16.6 Å². The number of benzene rings is 2. The normalized spacial score (nSPS) is 11.9. The topological polar surface area (TPSA) is 77.2 Å². The van der Waals surface area contributed by atoms with E-state index in [2.05, 4.69) is 48.4 Å². The molecule has 1 heterocycles. The quantitative estimate of drug-likeness (QED) is 0.519. The monoisotopic (exact) mass is 419 g/mol. The fraction of sp³-hybridized carbons (Fsp3) is 0.320. The van der Waals surface area contributed by atoms with Gasteiger partial charge in [0.25, 0.3) is 5.89 Å². The SMILES string of the molecule is CC(=O)N/C(=C/c1ccccc1)c1nnc(CCCOc2ccc(C(C)(C)C)cc2)o1. The molecule has 0 spiro atoms. The highest BCUT2D eigenvalue weighted by Gasteiger charge is 2.14. The lowest BCUT2D eigenvalue weighted by Crippen LogP contribution is -2.18. The average molecular weight is 420 g/mol. The predicted molar refractivity (Wildman–Crippen MR) is 121 cm³/mol. The number of carbonyl (C=O) groups excluding carboxylic acids is 1. The lowest BCUT2D eigenvalue weighted by Gasteiger charge is -2.19. The van der Waals surface area contributed by atoms with Gasteiger partial charge < -0.3 is 14.5 Å². The molecular formula is C25H29N3O3. The van der Waals surface area contributed by atoms with Gasteiger partial charge in [-0.05, 0) is 41.2 Å². The van der Waals surface area contributed by atoms with Gasteiger partial charge >= 0.3 is 0 Å². The molecule has 0 aliphatic heterocycles. The number of nitrogens with one attached hydrogen (secondary N) is 1. The average Bonchev–Trinajstić information content (AvgIpc) is 3.20. The molecule has 0 aliphatic rings. The Balaban J connectivity index is 1.56. The molecule has 6 heteroatoms. The standard InChI is InChI=1S/C25H29N3O3/c1-18(29)26-22(17-19-9-6-5-7-10-19)24-28-27-23(31-24)11-8-16-30-21-14-12-20(13-15-21)25(2,3)4/h5-7,9-10,12-15,17H,8,11,16H2,1-4H3,(H,26,29)/b22-17+. The largest absolute Gasteiger partial charge is 0.494 e. The zero-order chi connectivity index (χ0) is 22.3. The summed E-state index contributed by atoms with van der Waals surface area (Å²) >= 11 is 0. The van der Waals surface area contributed by atoms with Crippen LogP contribution in [0.5, 0.6) is 5.75 Å².